The van der Waals surface area contributed by atoms with Crippen molar-refractivity contribution in [2.75, 3.05) is 10.6 Å². The maximum absolute atomic E-state index is 12.3. The Bertz CT molecular complexity index is 1150. The van der Waals surface area contributed by atoms with Crippen LogP contribution in [0.5, 0.6) is 0 Å². The van der Waals surface area contributed by atoms with E-state index in [-0.39, 0.29) is 18.4 Å². The fourth-order valence-electron chi connectivity index (χ4n) is 2.72. The van der Waals surface area contributed by atoms with Gasteiger partial charge in [0.2, 0.25) is 11.8 Å². The zero-order valence-corrected chi connectivity index (χ0v) is 15.7. The first-order valence-corrected chi connectivity index (χ1v) is 9.38. The molecule has 0 aliphatic rings. The fraction of sp³-hybridized carbons (Fsp3) is 0.105. The minimum atomic E-state index is -0.224. The van der Waals surface area contributed by atoms with Crippen LogP contribution in [0.15, 0.2) is 53.9 Å². The summed E-state index contributed by atoms with van der Waals surface area (Å²) in [6.07, 6.45) is 0. The van der Waals surface area contributed by atoms with Crippen LogP contribution in [0.4, 0.5) is 10.8 Å². The van der Waals surface area contributed by atoms with Gasteiger partial charge in [-0.15, -0.1) is 16.4 Å². The summed E-state index contributed by atoms with van der Waals surface area (Å²) in [5, 5.41) is 16.0. The molecule has 0 aliphatic carbocycles. The van der Waals surface area contributed by atoms with Crippen molar-refractivity contribution in [2.45, 2.75) is 13.5 Å². The van der Waals surface area contributed by atoms with Gasteiger partial charge < -0.3 is 10.6 Å². The Hall–Kier alpha value is -3.59. The Morgan fingerprint density at radius 2 is 1.86 bits per heavy atom. The second-order valence-electron chi connectivity index (χ2n) is 6.08. The summed E-state index contributed by atoms with van der Waals surface area (Å²) < 4.78 is 1.56. The number of rotatable bonds is 5. The summed E-state index contributed by atoms with van der Waals surface area (Å²) in [7, 11) is 0. The van der Waals surface area contributed by atoms with Gasteiger partial charge in [0.1, 0.15) is 12.1 Å². The van der Waals surface area contributed by atoms with E-state index in [1.165, 1.54) is 18.3 Å². The van der Waals surface area contributed by atoms with Crippen molar-refractivity contribution in [2.24, 2.45) is 0 Å². The van der Waals surface area contributed by atoms with E-state index in [9.17, 15) is 9.59 Å². The highest BCUT2D eigenvalue weighted by molar-refractivity contribution is 7.14. The number of nitrogens with one attached hydrogen (secondary N) is 2. The molecule has 0 saturated carbocycles. The van der Waals surface area contributed by atoms with Gasteiger partial charge in [-0.1, -0.05) is 29.5 Å². The van der Waals surface area contributed by atoms with Gasteiger partial charge in [0.25, 0.3) is 0 Å². The molecule has 8 nitrogen and oxygen atoms in total. The molecule has 9 heteroatoms. The molecule has 0 fully saturated rings. The van der Waals surface area contributed by atoms with Crippen LogP contribution in [0.2, 0.25) is 0 Å². The number of anilines is 2. The second kappa shape index (κ2) is 7.57. The smallest absolute Gasteiger partial charge is 0.247 e. The van der Waals surface area contributed by atoms with Crippen LogP contribution in [-0.4, -0.2) is 31.8 Å². The number of aromatic nitrogens is 4. The normalized spacial score (nSPS) is 10.8. The van der Waals surface area contributed by atoms with Gasteiger partial charge in [0, 0.05) is 23.6 Å². The van der Waals surface area contributed by atoms with Crippen LogP contribution < -0.4 is 10.6 Å². The molecule has 140 valence electrons. The SMILES string of the molecule is CC(=O)Nc1ccc(-c2csc(NC(=O)Cn3nnc4ccccc43)n2)cc1. The summed E-state index contributed by atoms with van der Waals surface area (Å²) in [6, 6.07) is 14.8. The highest BCUT2D eigenvalue weighted by Gasteiger charge is 2.11. The number of para-hydroxylation sites is 1. The van der Waals surface area contributed by atoms with Gasteiger partial charge in [-0.2, -0.15) is 0 Å². The lowest BCUT2D eigenvalue weighted by molar-refractivity contribution is -0.117. The molecule has 2 aromatic heterocycles. The molecule has 2 amide bonds. The molecule has 0 bridgehead atoms. The standard InChI is InChI=1S/C19H16N6O2S/c1-12(26)20-14-8-6-13(7-9-14)16-11-28-19(21-16)22-18(27)10-25-17-5-3-2-4-15(17)23-24-25/h2-9,11H,10H2,1H3,(H,20,26)(H,21,22,27). The number of fused-ring (bicyclic) bond motifs is 1. The van der Waals surface area contributed by atoms with Crippen LogP contribution in [-0.2, 0) is 16.1 Å². The highest BCUT2D eigenvalue weighted by Crippen LogP contribution is 2.26. The minimum Gasteiger partial charge on any atom is -0.326 e. The van der Waals surface area contributed by atoms with E-state index < -0.39 is 0 Å². The summed E-state index contributed by atoms with van der Waals surface area (Å²) in [5.74, 6) is -0.343. The van der Waals surface area contributed by atoms with Gasteiger partial charge in [-0.25, -0.2) is 9.67 Å². The molecule has 0 unspecified atom stereocenters. The zero-order chi connectivity index (χ0) is 19.5. The molecule has 4 rings (SSSR count). The van der Waals surface area contributed by atoms with Crippen molar-refractivity contribution < 1.29 is 9.59 Å². The summed E-state index contributed by atoms with van der Waals surface area (Å²) in [6.45, 7) is 1.52. The highest BCUT2D eigenvalue weighted by atomic mass is 32.1. The molecular weight excluding hydrogens is 376 g/mol. The van der Waals surface area contributed by atoms with E-state index in [0.717, 1.165) is 28.0 Å². The third-order valence-corrected chi connectivity index (χ3v) is 4.72. The van der Waals surface area contributed by atoms with Crippen molar-refractivity contribution in [3.05, 3.63) is 53.9 Å². The Morgan fingerprint density at radius 3 is 2.64 bits per heavy atom. The van der Waals surface area contributed by atoms with Crippen molar-refractivity contribution in [1.29, 1.82) is 0 Å². The molecule has 0 radical (unpaired) electrons. The topological polar surface area (TPSA) is 102 Å². The first-order chi connectivity index (χ1) is 13.6. The minimum absolute atomic E-state index is 0.0564. The molecule has 2 N–H and O–H groups in total. The summed E-state index contributed by atoms with van der Waals surface area (Å²) in [5.41, 5.74) is 3.92. The lowest BCUT2D eigenvalue weighted by Gasteiger charge is -2.03. The van der Waals surface area contributed by atoms with Crippen LogP contribution >= 0.6 is 11.3 Å². The lowest BCUT2D eigenvalue weighted by Crippen LogP contribution is -2.19. The monoisotopic (exact) mass is 392 g/mol. The molecule has 2 heterocycles. The first-order valence-electron chi connectivity index (χ1n) is 8.50. The van der Waals surface area contributed by atoms with Gasteiger partial charge in [-0.05, 0) is 24.3 Å². The van der Waals surface area contributed by atoms with E-state index in [0.29, 0.717) is 5.13 Å². The number of benzene rings is 2. The Balaban J connectivity index is 1.43. The van der Waals surface area contributed by atoms with Crippen LogP contribution in [0, 0.1) is 0 Å². The van der Waals surface area contributed by atoms with Crippen molar-refractivity contribution in [3.8, 4) is 11.3 Å². The maximum Gasteiger partial charge on any atom is 0.247 e. The number of carbonyl (C=O) groups is 2. The van der Waals surface area contributed by atoms with Gasteiger partial charge >= 0.3 is 0 Å². The third-order valence-electron chi connectivity index (χ3n) is 3.97. The Morgan fingerprint density at radius 1 is 1.07 bits per heavy atom. The molecule has 0 atom stereocenters. The van der Waals surface area contributed by atoms with Gasteiger partial charge in [0.05, 0.1) is 11.2 Å². The number of nitrogens with zero attached hydrogens (tertiary/aromatic N) is 4. The van der Waals surface area contributed by atoms with Crippen molar-refractivity contribution in [1.82, 2.24) is 20.0 Å². The predicted octanol–water partition coefficient (Wildman–Crippen LogP) is 3.15. The fourth-order valence-corrected chi connectivity index (χ4v) is 3.46. The predicted molar refractivity (Wildman–Crippen MR) is 108 cm³/mol. The molecular formula is C19H16N6O2S. The Labute approximate surface area is 164 Å². The van der Waals surface area contributed by atoms with E-state index >= 15 is 0 Å². The van der Waals surface area contributed by atoms with E-state index in [2.05, 4.69) is 25.9 Å². The third kappa shape index (κ3) is 3.89. The zero-order valence-electron chi connectivity index (χ0n) is 14.9. The largest absolute Gasteiger partial charge is 0.326 e. The molecule has 0 saturated heterocycles. The second-order valence-corrected chi connectivity index (χ2v) is 6.94. The molecule has 28 heavy (non-hydrogen) atoms. The lowest BCUT2D eigenvalue weighted by atomic mass is 10.1. The quantitative estimate of drug-likeness (QED) is 0.543. The number of hydrogen-bond acceptors (Lipinski definition) is 6. The number of carbonyl (C=O) groups excluding carboxylic acids is 2. The molecule has 4 aromatic rings. The van der Waals surface area contributed by atoms with E-state index in [4.69, 9.17) is 0 Å². The van der Waals surface area contributed by atoms with Crippen molar-refractivity contribution in [3.63, 3.8) is 0 Å². The molecule has 0 spiro atoms. The van der Waals surface area contributed by atoms with Crippen LogP contribution in [0.3, 0.4) is 0 Å². The summed E-state index contributed by atoms with van der Waals surface area (Å²) in [4.78, 5) is 27.9. The first kappa shape index (κ1) is 17.8. The van der Waals surface area contributed by atoms with Gasteiger partial charge in [0.15, 0.2) is 5.13 Å². The molecule has 0 aliphatic heterocycles. The molecule has 2 aromatic carbocycles. The summed E-state index contributed by atoms with van der Waals surface area (Å²) >= 11 is 1.35. The van der Waals surface area contributed by atoms with E-state index in [1.54, 1.807) is 4.68 Å². The average molecular weight is 392 g/mol. The van der Waals surface area contributed by atoms with E-state index in [1.807, 2.05) is 53.9 Å². The van der Waals surface area contributed by atoms with Crippen LogP contribution in [0.1, 0.15) is 6.92 Å². The van der Waals surface area contributed by atoms with Crippen LogP contribution in [0.25, 0.3) is 22.3 Å². The number of hydrogen-bond donors (Lipinski definition) is 2. The van der Waals surface area contributed by atoms with Gasteiger partial charge in [-0.3, -0.25) is 9.59 Å². The number of amides is 2. The van der Waals surface area contributed by atoms with Crippen molar-refractivity contribution >= 4 is 45.0 Å². The maximum atomic E-state index is 12.3. The Kier molecular flexibility index (Phi) is 4.81. The average Bonchev–Trinajstić information content (AvgIpc) is 3.29. The number of thiazole rings is 1.